The van der Waals surface area contributed by atoms with Crippen molar-refractivity contribution in [3.05, 3.63) is 0 Å². The molecular weight excluding hydrogens is 230 g/mol. The van der Waals surface area contributed by atoms with Crippen molar-refractivity contribution in [1.29, 1.82) is 0 Å². The lowest BCUT2D eigenvalue weighted by Crippen LogP contribution is -2.42. The maximum atomic E-state index is 11.5. The van der Waals surface area contributed by atoms with E-state index in [-0.39, 0.29) is 5.92 Å². The fourth-order valence-corrected chi connectivity index (χ4v) is 1.92. The largest absolute Gasteiger partial charge is 0.362 e. The molecule has 0 radical (unpaired) electrons. The van der Waals surface area contributed by atoms with Crippen LogP contribution < -0.4 is 4.72 Å². The van der Waals surface area contributed by atoms with E-state index in [9.17, 15) is 13.2 Å². The van der Waals surface area contributed by atoms with Crippen molar-refractivity contribution in [3.8, 4) is 0 Å². The standard InChI is InChI=1S/C10H21NO4S/c1-7(2)9(12)11-16(13,14)15-10(5,6)8(3)4/h7-8H,1-6H3,(H,11,12). The molecule has 0 saturated heterocycles. The van der Waals surface area contributed by atoms with Crippen molar-refractivity contribution in [2.45, 2.75) is 47.1 Å². The Balaban J connectivity index is 4.66. The number of rotatable bonds is 5. The SMILES string of the molecule is CC(C)C(=O)NS(=O)(=O)OC(C)(C)C(C)C. The van der Waals surface area contributed by atoms with Crippen LogP contribution in [0.4, 0.5) is 0 Å². The number of hydrogen-bond acceptors (Lipinski definition) is 4. The van der Waals surface area contributed by atoms with Gasteiger partial charge in [0.1, 0.15) is 0 Å². The van der Waals surface area contributed by atoms with Gasteiger partial charge in [-0.15, -0.1) is 0 Å². The summed E-state index contributed by atoms with van der Waals surface area (Å²) in [5.74, 6) is -0.960. The van der Waals surface area contributed by atoms with Gasteiger partial charge in [0.05, 0.1) is 5.60 Å². The average Bonchev–Trinajstić information content (AvgIpc) is 1.99. The van der Waals surface area contributed by atoms with Crippen LogP contribution in [0.2, 0.25) is 0 Å². The second-order valence-electron chi connectivity index (χ2n) is 4.92. The summed E-state index contributed by atoms with van der Waals surface area (Å²) in [5.41, 5.74) is -0.844. The van der Waals surface area contributed by atoms with E-state index in [1.165, 1.54) is 0 Å². The monoisotopic (exact) mass is 251 g/mol. The van der Waals surface area contributed by atoms with Crippen molar-refractivity contribution in [2.75, 3.05) is 0 Å². The molecule has 0 aliphatic heterocycles. The quantitative estimate of drug-likeness (QED) is 0.802. The molecule has 0 heterocycles. The molecule has 6 heteroatoms. The highest BCUT2D eigenvalue weighted by molar-refractivity contribution is 7.85. The van der Waals surface area contributed by atoms with Crippen LogP contribution in [0.25, 0.3) is 0 Å². The van der Waals surface area contributed by atoms with E-state index < -0.39 is 27.7 Å². The fourth-order valence-electron chi connectivity index (χ4n) is 0.641. The van der Waals surface area contributed by atoms with Crippen LogP contribution in [0.1, 0.15) is 41.5 Å². The number of carbonyl (C=O) groups excluding carboxylic acids is 1. The normalized spacial score (nSPS) is 13.2. The first-order chi connectivity index (χ1) is 6.98. The molecule has 0 aromatic rings. The van der Waals surface area contributed by atoms with E-state index in [1.54, 1.807) is 27.7 Å². The molecule has 0 rings (SSSR count). The minimum absolute atomic E-state index is 0.0122. The van der Waals surface area contributed by atoms with Gasteiger partial charge in [0.25, 0.3) is 0 Å². The van der Waals surface area contributed by atoms with Gasteiger partial charge in [0, 0.05) is 5.92 Å². The summed E-state index contributed by atoms with van der Waals surface area (Å²) in [7, 11) is -4.03. The van der Waals surface area contributed by atoms with E-state index in [4.69, 9.17) is 4.18 Å². The minimum atomic E-state index is -4.03. The third kappa shape index (κ3) is 4.94. The lowest BCUT2D eigenvalue weighted by molar-refractivity contribution is -0.122. The summed E-state index contributed by atoms with van der Waals surface area (Å²) < 4.78 is 29.8. The molecule has 16 heavy (non-hydrogen) atoms. The first kappa shape index (κ1) is 15.4. The second-order valence-corrected chi connectivity index (χ2v) is 6.20. The van der Waals surface area contributed by atoms with Gasteiger partial charge in [0.15, 0.2) is 0 Å². The van der Waals surface area contributed by atoms with Crippen molar-refractivity contribution in [1.82, 2.24) is 4.72 Å². The minimum Gasteiger partial charge on any atom is -0.274 e. The van der Waals surface area contributed by atoms with Crippen LogP contribution >= 0.6 is 0 Å². The van der Waals surface area contributed by atoms with Gasteiger partial charge in [-0.3, -0.25) is 4.79 Å². The van der Waals surface area contributed by atoms with Crippen LogP contribution in [0, 0.1) is 11.8 Å². The highest BCUT2D eigenvalue weighted by Gasteiger charge is 2.31. The molecule has 0 aliphatic carbocycles. The van der Waals surface area contributed by atoms with Crippen LogP contribution in [-0.4, -0.2) is 19.9 Å². The molecule has 0 fully saturated rings. The van der Waals surface area contributed by atoms with Gasteiger partial charge in [-0.05, 0) is 19.8 Å². The van der Waals surface area contributed by atoms with Gasteiger partial charge in [-0.25, -0.2) is 8.91 Å². The van der Waals surface area contributed by atoms with Crippen LogP contribution in [0.15, 0.2) is 0 Å². The van der Waals surface area contributed by atoms with Gasteiger partial charge in [0.2, 0.25) is 5.91 Å². The molecule has 0 unspecified atom stereocenters. The second kappa shape index (κ2) is 5.14. The third-order valence-corrected chi connectivity index (χ3v) is 3.57. The smallest absolute Gasteiger partial charge is 0.274 e. The fraction of sp³-hybridized carbons (Fsp3) is 0.900. The van der Waals surface area contributed by atoms with E-state index in [1.807, 2.05) is 18.6 Å². The van der Waals surface area contributed by atoms with E-state index in [0.717, 1.165) is 0 Å². The summed E-state index contributed by atoms with van der Waals surface area (Å²) in [5, 5.41) is 0. The molecule has 5 nitrogen and oxygen atoms in total. The topological polar surface area (TPSA) is 72.5 Å². The van der Waals surface area contributed by atoms with Crippen molar-refractivity contribution < 1.29 is 17.4 Å². The molecular formula is C10H21NO4S. The molecule has 0 aliphatic rings. The Kier molecular flexibility index (Phi) is 4.94. The average molecular weight is 251 g/mol. The Bertz CT molecular complexity index is 344. The zero-order valence-corrected chi connectivity index (χ0v) is 11.5. The molecule has 1 amide bonds. The summed E-state index contributed by atoms with van der Waals surface area (Å²) in [6, 6.07) is 0. The van der Waals surface area contributed by atoms with Crippen molar-refractivity contribution in [2.24, 2.45) is 11.8 Å². The van der Waals surface area contributed by atoms with Crippen LogP contribution in [-0.2, 0) is 19.3 Å². The Hall–Kier alpha value is -0.620. The molecule has 0 aromatic carbocycles. The lowest BCUT2D eigenvalue weighted by atomic mass is 9.95. The van der Waals surface area contributed by atoms with Crippen molar-refractivity contribution >= 4 is 16.2 Å². The predicted molar refractivity (Wildman–Crippen MR) is 61.9 cm³/mol. The Morgan fingerprint density at radius 2 is 1.62 bits per heavy atom. The summed E-state index contributed by atoms with van der Waals surface area (Å²) in [4.78, 5) is 11.2. The van der Waals surface area contributed by atoms with Crippen LogP contribution in [0.5, 0.6) is 0 Å². The first-order valence-corrected chi connectivity index (χ1v) is 6.66. The van der Waals surface area contributed by atoms with Gasteiger partial charge in [-0.1, -0.05) is 27.7 Å². The Morgan fingerprint density at radius 1 is 1.19 bits per heavy atom. The Morgan fingerprint density at radius 3 is 1.94 bits per heavy atom. The summed E-state index contributed by atoms with van der Waals surface area (Å²) >= 11 is 0. The van der Waals surface area contributed by atoms with Crippen LogP contribution in [0.3, 0.4) is 0 Å². The zero-order chi connectivity index (χ0) is 13.1. The lowest BCUT2D eigenvalue weighted by Gasteiger charge is -2.28. The van der Waals surface area contributed by atoms with Gasteiger partial charge in [-0.2, -0.15) is 8.42 Å². The summed E-state index contributed by atoms with van der Waals surface area (Å²) in [6.45, 7) is 10.2. The molecule has 0 aromatic heterocycles. The zero-order valence-electron chi connectivity index (χ0n) is 10.7. The maximum Gasteiger partial charge on any atom is 0.362 e. The van der Waals surface area contributed by atoms with E-state index >= 15 is 0 Å². The first-order valence-electron chi connectivity index (χ1n) is 5.25. The number of nitrogens with one attached hydrogen (secondary N) is 1. The number of carbonyl (C=O) groups is 1. The van der Waals surface area contributed by atoms with Gasteiger partial charge >= 0.3 is 10.3 Å². The third-order valence-electron chi connectivity index (χ3n) is 2.46. The van der Waals surface area contributed by atoms with Crippen molar-refractivity contribution in [3.63, 3.8) is 0 Å². The number of hydrogen-bond donors (Lipinski definition) is 1. The van der Waals surface area contributed by atoms with Gasteiger partial charge < -0.3 is 0 Å². The maximum absolute atomic E-state index is 11.5. The van der Waals surface area contributed by atoms with E-state index in [0.29, 0.717) is 0 Å². The number of amides is 1. The highest BCUT2D eigenvalue weighted by atomic mass is 32.2. The Labute approximate surface area is 97.8 Å². The molecule has 0 spiro atoms. The molecule has 0 atom stereocenters. The summed E-state index contributed by atoms with van der Waals surface area (Å²) in [6.07, 6.45) is 0. The molecule has 0 bridgehead atoms. The molecule has 96 valence electrons. The highest BCUT2D eigenvalue weighted by Crippen LogP contribution is 2.22. The molecule has 1 N–H and O–H groups in total. The van der Waals surface area contributed by atoms with E-state index in [2.05, 4.69) is 0 Å². The molecule has 0 saturated carbocycles. The predicted octanol–water partition coefficient (Wildman–Crippen LogP) is 1.45.